The minimum absolute atomic E-state index is 0.0339. The lowest BCUT2D eigenvalue weighted by atomic mass is 10.1. The van der Waals surface area contributed by atoms with Crippen LogP contribution in [0.2, 0.25) is 0 Å². The number of nitrogens with one attached hydrogen (secondary N) is 2. The molecule has 0 unspecified atom stereocenters. The molecule has 1 aromatic carbocycles. The topological polar surface area (TPSA) is 94.6 Å². The molecule has 7 nitrogen and oxygen atoms in total. The summed E-state index contributed by atoms with van der Waals surface area (Å²) in [5.41, 5.74) is 3.22. The second kappa shape index (κ2) is 9.48. The van der Waals surface area contributed by atoms with E-state index < -0.39 is 29.8 Å². The number of aliphatic hydroxyl groups excluding tert-OH is 1. The number of amides is 2. The van der Waals surface area contributed by atoms with Gasteiger partial charge in [0.05, 0.1) is 22.2 Å². The number of hydrogen-bond donors (Lipinski definition) is 3. The van der Waals surface area contributed by atoms with Gasteiger partial charge in [-0.15, -0.1) is 11.3 Å². The van der Waals surface area contributed by atoms with Crippen LogP contribution in [0, 0.1) is 6.92 Å². The average molecular weight is 475 g/mol. The highest BCUT2D eigenvalue weighted by Crippen LogP contribution is 2.44. The maximum Gasteiger partial charge on any atom is 0.243 e. The largest absolute Gasteiger partial charge is 0.391 e. The number of likely N-dealkylation sites (tertiary alicyclic amines) is 1. The summed E-state index contributed by atoms with van der Waals surface area (Å²) in [7, 11) is 0. The van der Waals surface area contributed by atoms with Crippen molar-refractivity contribution in [1.82, 2.24) is 20.5 Å². The Hall–Kier alpha value is -2.36. The molecule has 0 spiro atoms. The Labute approximate surface area is 197 Å². The highest BCUT2D eigenvalue weighted by molar-refractivity contribution is 7.13. The van der Waals surface area contributed by atoms with Crippen LogP contribution in [-0.4, -0.2) is 63.2 Å². The van der Waals surface area contributed by atoms with E-state index in [1.165, 1.54) is 4.90 Å². The summed E-state index contributed by atoms with van der Waals surface area (Å²) in [5, 5.41) is 16.1. The number of aliphatic hydroxyl groups is 1. The van der Waals surface area contributed by atoms with Gasteiger partial charge in [0.1, 0.15) is 17.8 Å². The van der Waals surface area contributed by atoms with Crippen LogP contribution < -0.4 is 10.6 Å². The summed E-state index contributed by atoms with van der Waals surface area (Å²) in [5.74, 6) is -0.793. The molecule has 33 heavy (non-hydrogen) atoms. The summed E-state index contributed by atoms with van der Waals surface area (Å²) < 4.78 is 14.9. The Kier molecular flexibility index (Phi) is 6.83. The third kappa shape index (κ3) is 5.26. The monoisotopic (exact) mass is 474 g/mol. The number of rotatable bonds is 8. The van der Waals surface area contributed by atoms with Gasteiger partial charge in [0.15, 0.2) is 0 Å². The van der Waals surface area contributed by atoms with Gasteiger partial charge in [-0.1, -0.05) is 38.1 Å². The second-order valence-corrected chi connectivity index (χ2v) is 10.2. The van der Waals surface area contributed by atoms with Gasteiger partial charge in [0.2, 0.25) is 11.8 Å². The number of halogens is 1. The molecular weight excluding hydrogens is 443 g/mol. The molecule has 1 saturated carbocycles. The van der Waals surface area contributed by atoms with Gasteiger partial charge in [0, 0.05) is 25.6 Å². The SMILES string of the molecule is Cc1ncsc1-c1ccc(CNC(=O)[C@@H]2C[C@@H](O)CN2C(=O)[C@@H](NC(C)C)C2(F)CC2)cc1. The second-order valence-electron chi connectivity index (χ2n) is 9.37. The zero-order chi connectivity index (χ0) is 23.8. The number of carbonyl (C=O) groups excluding carboxylic acids is 2. The molecule has 9 heteroatoms. The van der Waals surface area contributed by atoms with Gasteiger partial charge < -0.3 is 20.6 Å². The molecule has 1 saturated heterocycles. The number of alkyl halides is 1. The normalized spacial score (nSPS) is 22.4. The number of benzene rings is 1. The first-order valence-corrected chi connectivity index (χ1v) is 12.3. The van der Waals surface area contributed by atoms with Crippen LogP contribution in [0.15, 0.2) is 29.8 Å². The summed E-state index contributed by atoms with van der Waals surface area (Å²) >= 11 is 1.58. The Morgan fingerprint density at radius 2 is 2.00 bits per heavy atom. The molecule has 2 heterocycles. The van der Waals surface area contributed by atoms with Crippen molar-refractivity contribution in [2.75, 3.05) is 6.54 Å². The molecule has 0 bridgehead atoms. The third-order valence-corrected chi connectivity index (χ3v) is 7.26. The molecule has 3 atom stereocenters. The molecule has 2 aliphatic rings. The van der Waals surface area contributed by atoms with Gasteiger partial charge in [-0.25, -0.2) is 9.37 Å². The van der Waals surface area contributed by atoms with Gasteiger partial charge in [0.25, 0.3) is 0 Å². The van der Waals surface area contributed by atoms with Gasteiger partial charge in [-0.3, -0.25) is 9.59 Å². The van der Waals surface area contributed by atoms with Crippen LogP contribution >= 0.6 is 11.3 Å². The predicted octanol–water partition coefficient (Wildman–Crippen LogP) is 2.57. The van der Waals surface area contributed by atoms with Gasteiger partial charge >= 0.3 is 0 Å². The van der Waals surface area contributed by atoms with E-state index in [9.17, 15) is 19.1 Å². The Morgan fingerprint density at radius 1 is 1.30 bits per heavy atom. The number of carbonyl (C=O) groups is 2. The lowest BCUT2D eigenvalue weighted by Crippen LogP contribution is -2.57. The molecule has 2 amide bonds. The quantitative estimate of drug-likeness (QED) is 0.547. The fraction of sp³-hybridized carbons (Fsp3) is 0.542. The Morgan fingerprint density at radius 3 is 2.58 bits per heavy atom. The zero-order valence-corrected chi connectivity index (χ0v) is 20.0. The molecular formula is C24H31FN4O3S. The predicted molar refractivity (Wildman–Crippen MR) is 125 cm³/mol. The number of hydrogen-bond acceptors (Lipinski definition) is 6. The fourth-order valence-corrected chi connectivity index (χ4v) is 5.13. The van der Waals surface area contributed by atoms with Crippen molar-refractivity contribution >= 4 is 23.2 Å². The Bertz CT molecular complexity index is 1010. The molecule has 1 aliphatic heterocycles. The van der Waals surface area contributed by atoms with Crippen LogP contribution in [0.3, 0.4) is 0 Å². The third-order valence-electron chi connectivity index (χ3n) is 6.29. The van der Waals surface area contributed by atoms with E-state index in [4.69, 9.17) is 0 Å². The molecule has 2 aromatic rings. The number of thiazole rings is 1. The van der Waals surface area contributed by atoms with E-state index in [0.717, 1.165) is 21.7 Å². The van der Waals surface area contributed by atoms with Gasteiger partial charge in [-0.2, -0.15) is 0 Å². The number of β-amino-alcohol motifs (C(OH)–C–C–N with tert-alkyl or cyclic N) is 1. The van der Waals surface area contributed by atoms with Crippen molar-refractivity contribution in [2.24, 2.45) is 0 Å². The molecule has 4 rings (SSSR count). The van der Waals surface area contributed by atoms with Crippen molar-refractivity contribution in [3.05, 3.63) is 41.0 Å². The maximum atomic E-state index is 14.9. The van der Waals surface area contributed by atoms with E-state index in [-0.39, 0.29) is 24.9 Å². The fourth-order valence-electron chi connectivity index (χ4n) is 4.32. The molecule has 3 N–H and O–H groups in total. The lowest BCUT2D eigenvalue weighted by molar-refractivity contribution is -0.142. The standard InChI is InChI=1S/C24H31FN4O3S/c1-14(2)28-21(24(25)8-9-24)23(32)29-12-18(30)10-19(29)22(31)26-11-16-4-6-17(7-5-16)20-15(3)27-13-33-20/h4-7,13-14,18-19,21,28,30H,8-12H2,1-3H3,(H,26,31)/t18-,19+,21-/m1/s1. The van der Waals surface area contributed by atoms with Crippen LogP contribution in [0.5, 0.6) is 0 Å². The summed E-state index contributed by atoms with van der Waals surface area (Å²) in [6.45, 7) is 6.02. The highest BCUT2D eigenvalue weighted by atomic mass is 32.1. The van der Waals surface area contributed by atoms with Crippen LogP contribution in [0.1, 0.15) is 44.4 Å². The van der Waals surface area contributed by atoms with Crippen LogP contribution in [0.25, 0.3) is 10.4 Å². The first kappa shape index (κ1) is 23.8. The van der Waals surface area contributed by atoms with E-state index >= 15 is 0 Å². The minimum Gasteiger partial charge on any atom is -0.391 e. The van der Waals surface area contributed by atoms with Crippen molar-refractivity contribution in [2.45, 2.75) is 76.5 Å². The first-order valence-electron chi connectivity index (χ1n) is 11.4. The first-order chi connectivity index (χ1) is 15.7. The summed E-state index contributed by atoms with van der Waals surface area (Å²) in [6.07, 6.45) is -0.00323. The zero-order valence-electron chi connectivity index (χ0n) is 19.2. The molecule has 178 valence electrons. The van der Waals surface area contributed by atoms with Crippen LogP contribution in [-0.2, 0) is 16.1 Å². The maximum absolute atomic E-state index is 14.9. The highest BCUT2D eigenvalue weighted by Gasteiger charge is 2.56. The van der Waals surface area contributed by atoms with Crippen LogP contribution in [0.4, 0.5) is 4.39 Å². The van der Waals surface area contributed by atoms with Crippen molar-refractivity contribution < 1.29 is 19.1 Å². The summed E-state index contributed by atoms with van der Waals surface area (Å²) in [6, 6.07) is 5.99. The minimum atomic E-state index is -1.58. The lowest BCUT2D eigenvalue weighted by Gasteiger charge is -2.31. The van der Waals surface area contributed by atoms with Crippen molar-refractivity contribution in [3.8, 4) is 10.4 Å². The van der Waals surface area contributed by atoms with E-state index in [0.29, 0.717) is 19.4 Å². The number of nitrogens with zero attached hydrogens (tertiary/aromatic N) is 2. The van der Waals surface area contributed by atoms with E-state index in [1.807, 2.05) is 50.5 Å². The van der Waals surface area contributed by atoms with Crippen molar-refractivity contribution in [3.63, 3.8) is 0 Å². The number of aromatic nitrogens is 1. The molecule has 1 aromatic heterocycles. The Balaban J connectivity index is 1.40. The average Bonchev–Trinajstić information content (AvgIpc) is 3.18. The smallest absolute Gasteiger partial charge is 0.243 e. The van der Waals surface area contributed by atoms with E-state index in [2.05, 4.69) is 15.6 Å². The van der Waals surface area contributed by atoms with Gasteiger partial charge in [-0.05, 0) is 30.9 Å². The molecule has 1 aliphatic carbocycles. The van der Waals surface area contributed by atoms with Crippen molar-refractivity contribution in [1.29, 1.82) is 0 Å². The molecule has 2 fully saturated rings. The molecule has 0 radical (unpaired) electrons. The summed E-state index contributed by atoms with van der Waals surface area (Å²) in [4.78, 5) is 32.9. The van der Waals surface area contributed by atoms with E-state index in [1.54, 1.807) is 11.3 Å². The number of aryl methyl sites for hydroxylation is 1.